The highest BCUT2D eigenvalue weighted by Crippen LogP contribution is 2.30. The summed E-state index contributed by atoms with van der Waals surface area (Å²) in [6.07, 6.45) is 9.68. The monoisotopic (exact) mass is 211 g/mol. The maximum atomic E-state index is 10.9. The van der Waals surface area contributed by atoms with Gasteiger partial charge in [-0.2, -0.15) is 0 Å². The van der Waals surface area contributed by atoms with Gasteiger partial charge >= 0.3 is 5.97 Å². The SMILES string of the molecule is O=C(O)C1CCCC(C2CCCCC2)N1. The minimum Gasteiger partial charge on any atom is -0.480 e. The Balaban J connectivity index is 1.88. The minimum absolute atomic E-state index is 0.286. The summed E-state index contributed by atoms with van der Waals surface area (Å²) in [4.78, 5) is 10.9. The Morgan fingerprint density at radius 1 is 1.00 bits per heavy atom. The summed E-state index contributed by atoms with van der Waals surface area (Å²) in [5, 5.41) is 12.3. The van der Waals surface area contributed by atoms with Crippen LogP contribution >= 0.6 is 0 Å². The van der Waals surface area contributed by atoms with Crippen LogP contribution in [-0.2, 0) is 4.79 Å². The van der Waals surface area contributed by atoms with E-state index in [1.165, 1.54) is 38.5 Å². The Hall–Kier alpha value is -0.570. The van der Waals surface area contributed by atoms with Crippen LogP contribution in [0.5, 0.6) is 0 Å². The Bertz CT molecular complexity index is 224. The van der Waals surface area contributed by atoms with Crippen LogP contribution in [0.3, 0.4) is 0 Å². The number of carboxylic acids is 1. The first-order valence-electron chi connectivity index (χ1n) is 6.26. The first-order valence-corrected chi connectivity index (χ1v) is 6.26. The van der Waals surface area contributed by atoms with E-state index in [9.17, 15) is 4.79 Å². The summed E-state index contributed by atoms with van der Waals surface area (Å²) < 4.78 is 0. The fourth-order valence-corrected chi connectivity index (χ4v) is 3.07. The molecule has 3 nitrogen and oxygen atoms in total. The standard InChI is InChI=1S/C12H21NO2/c14-12(15)11-8-4-7-10(13-11)9-5-2-1-3-6-9/h9-11,13H,1-8H2,(H,14,15). The van der Waals surface area contributed by atoms with Crippen molar-refractivity contribution < 1.29 is 9.90 Å². The lowest BCUT2D eigenvalue weighted by atomic mass is 9.80. The molecule has 1 saturated heterocycles. The maximum Gasteiger partial charge on any atom is 0.320 e. The Kier molecular flexibility index (Phi) is 3.62. The van der Waals surface area contributed by atoms with Crippen LogP contribution < -0.4 is 5.32 Å². The van der Waals surface area contributed by atoms with Gasteiger partial charge in [0.2, 0.25) is 0 Å². The molecular formula is C12H21NO2. The third-order valence-electron chi connectivity index (χ3n) is 3.94. The van der Waals surface area contributed by atoms with Crippen LogP contribution in [0.1, 0.15) is 51.4 Å². The Morgan fingerprint density at radius 3 is 2.40 bits per heavy atom. The second kappa shape index (κ2) is 4.97. The van der Waals surface area contributed by atoms with E-state index in [0.717, 1.165) is 18.8 Å². The van der Waals surface area contributed by atoms with Crippen molar-refractivity contribution in [2.45, 2.75) is 63.5 Å². The van der Waals surface area contributed by atoms with Gasteiger partial charge in [0.1, 0.15) is 6.04 Å². The average Bonchev–Trinajstić information content (AvgIpc) is 2.30. The molecule has 1 heterocycles. The highest BCUT2D eigenvalue weighted by molar-refractivity contribution is 5.73. The third kappa shape index (κ3) is 2.71. The molecule has 2 N–H and O–H groups in total. The van der Waals surface area contributed by atoms with E-state index in [4.69, 9.17) is 5.11 Å². The molecule has 2 atom stereocenters. The van der Waals surface area contributed by atoms with E-state index in [1.807, 2.05) is 0 Å². The van der Waals surface area contributed by atoms with Crippen molar-refractivity contribution in [2.24, 2.45) is 5.92 Å². The molecule has 0 aromatic carbocycles. The highest BCUT2D eigenvalue weighted by atomic mass is 16.4. The number of nitrogens with one attached hydrogen (secondary N) is 1. The van der Waals surface area contributed by atoms with Crippen LogP contribution in [-0.4, -0.2) is 23.2 Å². The molecule has 0 spiro atoms. The highest BCUT2D eigenvalue weighted by Gasteiger charge is 2.31. The van der Waals surface area contributed by atoms with Gasteiger partial charge < -0.3 is 10.4 Å². The molecule has 2 unspecified atom stereocenters. The van der Waals surface area contributed by atoms with Gasteiger partial charge in [-0.3, -0.25) is 4.79 Å². The summed E-state index contributed by atoms with van der Waals surface area (Å²) in [6.45, 7) is 0. The number of aliphatic carboxylic acids is 1. The van der Waals surface area contributed by atoms with Crippen LogP contribution in [0.25, 0.3) is 0 Å². The lowest BCUT2D eigenvalue weighted by Gasteiger charge is -2.36. The summed E-state index contributed by atoms with van der Waals surface area (Å²) >= 11 is 0. The van der Waals surface area contributed by atoms with Crippen molar-refractivity contribution in [1.29, 1.82) is 0 Å². The van der Waals surface area contributed by atoms with E-state index < -0.39 is 5.97 Å². The van der Waals surface area contributed by atoms with Gasteiger partial charge in [0.05, 0.1) is 0 Å². The fourth-order valence-electron chi connectivity index (χ4n) is 3.07. The van der Waals surface area contributed by atoms with Gasteiger partial charge in [-0.25, -0.2) is 0 Å². The molecule has 2 fully saturated rings. The summed E-state index contributed by atoms with van der Waals surface area (Å²) in [5.74, 6) is 0.0661. The first kappa shape index (κ1) is 10.9. The van der Waals surface area contributed by atoms with Gasteiger partial charge in [-0.1, -0.05) is 19.3 Å². The first-order chi connectivity index (χ1) is 7.27. The molecule has 2 rings (SSSR count). The van der Waals surface area contributed by atoms with Crippen molar-refractivity contribution >= 4 is 5.97 Å². The average molecular weight is 211 g/mol. The normalized spacial score (nSPS) is 33.9. The third-order valence-corrected chi connectivity index (χ3v) is 3.94. The maximum absolute atomic E-state index is 10.9. The topological polar surface area (TPSA) is 49.3 Å². The Morgan fingerprint density at radius 2 is 1.73 bits per heavy atom. The van der Waals surface area contributed by atoms with Crippen molar-refractivity contribution in [1.82, 2.24) is 5.32 Å². The van der Waals surface area contributed by atoms with E-state index in [-0.39, 0.29) is 6.04 Å². The largest absolute Gasteiger partial charge is 0.480 e. The van der Waals surface area contributed by atoms with Gasteiger partial charge in [0, 0.05) is 6.04 Å². The molecule has 0 bridgehead atoms. The molecule has 1 saturated carbocycles. The van der Waals surface area contributed by atoms with Gasteiger partial charge in [-0.05, 0) is 38.0 Å². The molecular weight excluding hydrogens is 190 g/mol. The molecule has 1 aliphatic heterocycles. The van der Waals surface area contributed by atoms with E-state index in [2.05, 4.69) is 5.32 Å². The zero-order chi connectivity index (χ0) is 10.7. The van der Waals surface area contributed by atoms with Crippen LogP contribution in [0.2, 0.25) is 0 Å². The van der Waals surface area contributed by atoms with Gasteiger partial charge in [0.25, 0.3) is 0 Å². The lowest BCUT2D eigenvalue weighted by Crippen LogP contribution is -2.50. The predicted molar refractivity (Wildman–Crippen MR) is 58.8 cm³/mol. The van der Waals surface area contributed by atoms with Crippen molar-refractivity contribution in [3.63, 3.8) is 0 Å². The molecule has 3 heteroatoms. The zero-order valence-electron chi connectivity index (χ0n) is 9.24. The van der Waals surface area contributed by atoms with Gasteiger partial charge in [0.15, 0.2) is 0 Å². The second-order valence-electron chi connectivity index (χ2n) is 4.99. The summed E-state index contributed by atoms with van der Waals surface area (Å²) in [7, 11) is 0. The van der Waals surface area contributed by atoms with Crippen LogP contribution in [0, 0.1) is 5.92 Å². The number of carboxylic acid groups (broad SMARTS) is 1. The number of carbonyl (C=O) groups is 1. The summed E-state index contributed by atoms with van der Waals surface area (Å²) in [6, 6.07) is 0.186. The number of rotatable bonds is 2. The van der Waals surface area contributed by atoms with Gasteiger partial charge in [-0.15, -0.1) is 0 Å². The number of hydrogen-bond acceptors (Lipinski definition) is 2. The molecule has 0 amide bonds. The molecule has 1 aliphatic carbocycles. The number of hydrogen-bond donors (Lipinski definition) is 2. The van der Waals surface area contributed by atoms with E-state index in [1.54, 1.807) is 0 Å². The number of piperidine rings is 1. The molecule has 0 radical (unpaired) electrons. The minimum atomic E-state index is -0.671. The van der Waals surface area contributed by atoms with Crippen molar-refractivity contribution in [2.75, 3.05) is 0 Å². The molecule has 0 aromatic heterocycles. The molecule has 15 heavy (non-hydrogen) atoms. The smallest absolute Gasteiger partial charge is 0.320 e. The Labute approximate surface area is 91.2 Å². The second-order valence-corrected chi connectivity index (χ2v) is 4.99. The van der Waals surface area contributed by atoms with E-state index in [0.29, 0.717) is 6.04 Å². The summed E-state index contributed by atoms with van der Waals surface area (Å²) in [5.41, 5.74) is 0. The van der Waals surface area contributed by atoms with Crippen LogP contribution in [0.15, 0.2) is 0 Å². The van der Waals surface area contributed by atoms with E-state index >= 15 is 0 Å². The molecule has 86 valence electrons. The lowest BCUT2D eigenvalue weighted by molar-refractivity contribution is -0.140. The fraction of sp³-hybridized carbons (Fsp3) is 0.917. The zero-order valence-corrected chi connectivity index (χ0v) is 9.24. The van der Waals surface area contributed by atoms with Crippen molar-refractivity contribution in [3.8, 4) is 0 Å². The van der Waals surface area contributed by atoms with Crippen LogP contribution in [0.4, 0.5) is 0 Å². The molecule has 2 aliphatic rings. The predicted octanol–water partition coefficient (Wildman–Crippen LogP) is 2.16. The molecule has 0 aromatic rings. The van der Waals surface area contributed by atoms with Crippen molar-refractivity contribution in [3.05, 3.63) is 0 Å². The quantitative estimate of drug-likeness (QED) is 0.736.